The molecule has 5 nitrogen and oxygen atoms in total. The van der Waals surface area contributed by atoms with Gasteiger partial charge in [0.25, 0.3) is 0 Å². The Labute approximate surface area is 110 Å². The average molecular weight is 262 g/mol. The number of ether oxygens (including phenoxy) is 1. The van der Waals surface area contributed by atoms with Crippen molar-refractivity contribution in [3.05, 3.63) is 41.5 Å². The van der Waals surface area contributed by atoms with Gasteiger partial charge in [-0.25, -0.2) is 14.4 Å². The highest BCUT2D eigenvalue weighted by atomic mass is 19.1. The van der Waals surface area contributed by atoms with Gasteiger partial charge in [0, 0.05) is 24.4 Å². The van der Waals surface area contributed by atoms with Crippen LogP contribution in [0.2, 0.25) is 0 Å². The number of rotatable bonds is 4. The first-order valence-corrected chi connectivity index (χ1v) is 5.74. The van der Waals surface area contributed by atoms with E-state index in [9.17, 15) is 4.39 Å². The van der Waals surface area contributed by atoms with E-state index >= 15 is 0 Å². The molecule has 19 heavy (non-hydrogen) atoms. The number of hydrogen-bond acceptors (Lipinski definition) is 5. The van der Waals surface area contributed by atoms with Gasteiger partial charge in [0.15, 0.2) is 5.82 Å². The van der Waals surface area contributed by atoms with Gasteiger partial charge in [0.2, 0.25) is 0 Å². The van der Waals surface area contributed by atoms with Gasteiger partial charge in [-0.15, -0.1) is 0 Å². The van der Waals surface area contributed by atoms with Gasteiger partial charge in [-0.2, -0.15) is 0 Å². The zero-order chi connectivity index (χ0) is 13.8. The number of halogens is 1. The third-order valence-electron chi connectivity index (χ3n) is 2.60. The van der Waals surface area contributed by atoms with Crippen LogP contribution in [0.4, 0.5) is 21.7 Å². The van der Waals surface area contributed by atoms with Crippen LogP contribution in [-0.4, -0.2) is 17.1 Å². The van der Waals surface area contributed by atoms with Crippen LogP contribution in [0, 0.1) is 12.7 Å². The molecule has 2 aromatic rings. The van der Waals surface area contributed by atoms with Crippen molar-refractivity contribution in [1.82, 2.24) is 9.97 Å². The largest absolute Gasteiger partial charge is 0.384 e. The van der Waals surface area contributed by atoms with Gasteiger partial charge in [0.05, 0.1) is 0 Å². The number of benzene rings is 1. The number of hydrogen-bond donors (Lipinski definition) is 2. The molecule has 0 radical (unpaired) electrons. The molecule has 6 heteroatoms. The summed E-state index contributed by atoms with van der Waals surface area (Å²) in [7, 11) is 1.55. The molecule has 1 aromatic carbocycles. The second-order valence-electron chi connectivity index (χ2n) is 4.06. The first kappa shape index (κ1) is 13.2. The Bertz CT molecular complexity index is 589. The van der Waals surface area contributed by atoms with E-state index in [-0.39, 0.29) is 12.4 Å². The van der Waals surface area contributed by atoms with E-state index in [2.05, 4.69) is 15.3 Å². The van der Waals surface area contributed by atoms with Gasteiger partial charge >= 0.3 is 0 Å². The van der Waals surface area contributed by atoms with E-state index in [4.69, 9.17) is 10.5 Å². The number of nitrogens with one attached hydrogen (secondary N) is 1. The minimum atomic E-state index is -0.274. The molecule has 0 aliphatic heterocycles. The van der Waals surface area contributed by atoms with Crippen LogP contribution in [0.3, 0.4) is 0 Å². The summed E-state index contributed by atoms with van der Waals surface area (Å²) in [4.78, 5) is 8.27. The lowest BCUT2D eigenvalue weighted by Crippen LogP contribution is -2.05. The molecule has 0 aliphatic carbocycles. The molecule has 0 fully saturated rings. The van der Waals surface area contributed by atoms with Crippen LogP contribution in [0.5, 0.6) is 0 Å². The highest BCUT2D eigenvalue weighted by Crippen LogP contribution is 2.22. The van der Waals surface area contributed by atoms with Crippen LogP contribution in [0.25, 0.3) is 0 Å². The van der Waals surface area contributed by atoms with E-state index in [0.717, 1.165) is 0 Å². The zero-order valence-corrected chi connectivity index (χ0v) is 10.8. The van der Waals surface area contributed by atoms with Crippen molar-refractivity contribution in [2.75, 3.05) is 18.2 Å². The van der Waals surface area contributed by atoms with Crippen LogP contribution in [-0.2, 0) is 11.3 Å². The molecule has 1 heterocycles. The van der Waals surface area contributed by atoms with E-state index < -0.39 is 0 Å². The number of nitrogens with two attached hydrogens (primary N) is 1. The monoisotopic (exact) mass is 262 g/mol. The molecule has 2 rings (SSSR count). The highest BCUT2D eigenvalue weighted by Gasteiger charge is 2.06. The van der Waals surface area contributed by atoms with E-state index in [1.807, 2.05) is 0 Å². The molecule has 0 aliphatic rings. The average Bonchev–Trinajstić information content (AvgIpc) is 2.35. The Kier molecular flexibility index (Phi) is 3.91. The van der Waals surface area contributed by atoms with Crippen molar-refractivity contribution in [3.63, 3.8) is 0 Å². The van der Waals surface area contributed by atoms with Crippen molar-refractivity contribution < 1.29 is 9.13 Å². The summed E-state index contributed by atoms with van der Waals surface area (Å²) in [5, 5.41) is 3.03. The molecule has 0 saturated heterocycles. The third kappa shape index (κ3) is 3.17. The van der Waals surface area contributed by atoms with Crippen LogP contribution < -0.4 is 11.1 Å². The molecular weight excluding hydrogens is 247 g/mol. The van der Waals surface area contributed by atoms with Crippen molar-refractivity contribution in [3.8, 4) is 0 Å². The first-order chi connectivity index (χ1) is 9.10. The van der Waals surface area contributed by atoms with Crippen molar-refractivity contribution >= 4 is 17.3 Å². The lowest BCUT2D eigenvalue weighted by molar-refractivity contribution is 0.178. The minimum Gasteiger partial charge on any atom is -0.384 e. The first-order valence-electron chi connectivity index (χ1n) is 5.74. The number of nitrogen functional groups attached to an aromatic ring is 1. The van der Waals surface area contributed by atoms with Gasteiger partial charge in [-0.3, -0.25) is 0 Å². The summed E-state index contributed by atoms with van der Waals surface area (Å²) in [6, 6.07) is 6.40. The third-order valence-corrected chi connectivity index (χ3v) is 2.60. The summed E-state index contributed by atoms with van der Waals surface area (Å²) in [5.74, 6) is 1.04. The molecule has 0 bridgehead atoms. The van der Waals surface area contributed by atoms with Crippen LogP contribution in [0.1, 0.15) is 11.4 Å². The molecule has 0 saturated carbocycles. The summed E-state index contributed by atoms with van der Waals surface area (Å²) in [6.07, 6.45) is 0. The number of aromatic nitrogens is 2. The van der Waals surface area contributed by atoms with Gasteiger partial charge in [0.1, 0.15) is 24.1 Å². The maximum absolute atomic E-state index is 13.4. The normalized spacial score (nSPS) is 10.5. The number of anilines is 3. The molecular formula is C13H15FN4O. The highest BCUT2D eigenvalue weighted by molar-refractivity contribution is 5.62. The summed E-state index contributed by atoms with van der Waals surface area (Å²) < 4.78 is 18.4. The fourth-order valence-corrected chi connectivity index (χ4v) is 1.66. The summed E-state index contributed by atoms with van der Waals surface area (Å²) in [5.41, 5.74) is 6.85. The van der Waals surface area contributed by atoms with Gasteiger partial charge in [-0.1, -0.05) is 6.07 Å². The van der Waals surface area contributed by atoms with E-state index in [1.54, 1.807) is 32.2 Å². The van der Waals surface area contributed by atoms with E-state index in [0.29, 0.717) is 28.7 Å². The van der Waals surface area contributed by atoms with Crippen LogP contribution >= 0.6 is 0 Å². The Morgan fingerprint density at radius 3 is 2.89 bits per heavy atom. The molecule has 0 amide bonds. The zero-order valence-electron chi connectivity index (χ0n) is 10.8. The molecule has 0 atom stereocenters. The minimum absolute atomic E-state index is 0.266. The maximum Gasteiger partial charge on any atom is 0.158 e. The fourth-order valence-electron chi connectivity index (χ4n) is 1.66. The Morgan fingerprint density at radius 2 is 2.16 bits per heavy atom. The molecule has 1 aromatic heterocycles. The predicted octanol–water partition coefficient (Wildman–Crippen LogP) is 2.40. The van der Waals surface area contributed by atoms with Crippen molar-refractivity contribution in [2.45, 2.75) is 13.5 Å². The Hall–Kier alpha value is -2.21. The predicted molar refractivity (Wildman–Crippen MR) is 71.6 cm³/mol. The standard InChI is InChI=1S/C13H15FN4O/c1-8-9(14)4-3-5-10(8)16-12-6-11(15)17-13(18-12)7-19-2/h3-6H,7H2,1-2H3,(H3,15,16,17,18). The lowest BCUT2D eigenvalue weighted by Gasteiger charge is -2.10. The van der Waals surface area contributed by atoms with Gasteiger partial charge < -0.3 is 15.8 Å². The fraction of sp³-hybridized carbons (Fsp3) is 0.231. The Balaban J connectivity index is 2.30. The lowest BCUT2D eigenvalue weighted by atomic mass is 10.2. The number of nitrogens with zero attached hydrogens (tertiary/aromatic N) is 2. The van der Waals surface area contributed by atoms with Crippen LogP contribution in [0.15, 0.2) is 24.3 Å². The molecule has 3 N–H and O–H groups in total. The Morgan fingerprint density at radius 1 is 1.37 bits per heavy atom. The molecule has 0 unspecified atom stereocenters. The van der Waals surface area contributed by atoms with Crippen molar-refractivity contribution in [2.24, 2.45) is 0 Å². The summed E-state index contributed by atoms with van der Waals surface area (Å²) >= 11 is 0. The van der Waals surface area contributed by atoms with Gasteiger partial charge in [-0.05, 0) is 19.1 Å². The maximum atomic E-state index is 13.4. The topological polar surface area (TPSA) is 73.1 Å². The molecule has 0 spiro atoms. The quantitative estimate of drug-likeness (QED) is 0.885. The SMILES string of the molecule is COCc1nc(N)cc(Nc2cccc(F)c2C)n1. The van der Waals surface area contributed by atoms with Crippen molar-refractivity contribution in [1.29, 1.82) is 0 Å². The number of methoxy groups -OCH3 is 1. The second-order valence-corrected chi connectivity index (χ2v) is 4.06. The van der Waals surface area contributed by atoms with E-state index in [1.165, 1.54) is 6.07 Å². The second kappa shape index (κ2) is 5.62. The molecule has 100 valence electrons. The summed E-state index contributed by atoms with van der Waals surface area (Å²) in [6.45, 7) is 1.96. The smallest absolute Gasteiger partial charge is 0.158 e.